The molecule has 0 aliphatic heterocycles. The number of rotatable bonds is 7. The molecule has 0 saturated carbocycles. The van der Waals surface area contributed by atoms with Gasteiger partial charge in [0.25, 0.3) is 0 Å². The fraction of sp³-hybridized carbons (Fsp3) is 0.462. The SMILES string of the molecule is CCOc1ccc(OCCCCC#N)cc1. The van der Waals surface area contributed by atoms with Crippen LogP contribution in [0.25, 0.3) is 0 Å². The molecule has 0 aliphatic carbocycles. The molecule has 0 aliphatic rings. The summed E-state index contributed by atoms with van der Waals surface area (Å²) in [6, 6.07) is 9.71. The first-order valence-corrected chi connectivity index (χ1v) is 5.59. The molecule has 0 saturated heterocycles. The summed E-state index contributed by atoms with van der Waals surface area (Å²) >= 11 is 0. The van der Waals surface area contributed by atoms with Crippen LogP contribution in [0.15, 0.2) is 24.3 Å². The molecule has 0 atom stereocenters. The van der Waals surface area contributed by atoms with Crippen molar-refractivity contribution in [2.24, 2.45) is 0 Å². The van der Waals surface area contributed by atoms with Crippen LogP contribution in [0.4, 0.5) is 0 Å². The molecule has 0 N–H and O–H groups in total. The number of nitriles is 1. The lowest BCUT2D eigenvalue weighted by Crippen LogP contribution is -1.97. The van der Waals surface area contributed by atoms with Gasteiger partial charge in [0, 0.05) is 6.42 Å². The van der Waals surface area contributed by atoms with Crippen molar-refractivity contribution in [1.29, 1.82) is 5.26 Å². The number of hydrogen-bond acceptors (Lipinski definition) is 3. The zero-order valence-corrected chi connectivity index (χ0v) is 9.61. The minimum Gasteiger partial charge on any atom is -0.494 e. The Kier molecular flexibility index (Phi) is 5.87. The number of hydrogen-bond donors (Lipinski definition) is 0. The van der Waals surface area contributed by atoms with E-state index < -0.39 is 0 Å². The van der Waals surface area contributed by atoms with Gasteiger partial charge in [-0.25, -0.2) is 0 Å². The van der Waals surface area contributed by atoms with Crippen molar-refractivity contribution >= 4 is 0 Å². The fourth-order valence-corrected chi connectivity index (χ4v) is 1.29. The minimum absolute atomic E-state index is 0.604. The molecule has 1 aromatic carbocycles. The molecule has 0 heterocycles. The Morgan fingerprint density at radius 1 is 1.06 bits per heavy atom. The van der Waals surface area contributed by atoms with Gasteiger partial charge in [-0.15, -0.1) is 0 Å². The molecule has 0 radical (unpaired) electrons. The second kappa shape index (κ2) is 7.58. The van der Waals surface area contributed by atoms with Gasteiger partial charge in [-0.1, -0.05) is 0 Å². The molecule has 16 heavy (non-hydrogen) atoms. The average Bonchev–Trinajstić information content (AvgIpc) is 2.31. The Bertz CT molecular complexity index is 327. The molecule has 0 spiro atoms. The van der Waals surface area contributed by atoms with Crippen molar-refractivity contribution in [1.82, 2.24) is 0 Å². The first-order chi connectivity index (χ1) is 7.86. The third-order valence-electron chi connectivity index (χ3n) is 2.09. The maximum absolute atomic E-state index is 8.36. The largest absolute Gasteiger partial charge is 0.494 e. The van der Waals surface area contributed by atoms with Crippen molar-refractivity contribution in [3.8, 4) is 17.6 Å². The Labute approximate surface area is 96.6 Å². The highest BCUT2D eigenvalue weighted by Crippen LogP contribution is 2.17. The number of benzene rings is 1. The molecule has 0 unspecified atom stereocenters. The van der Waals surface area contributed by atoms with Crippen LogP contribution >= 0.6 is 0 Å². The zero-order valence-electron chi connectivity index (χ0n) is 9.61. The predicted octanol–water partition coefficient (Wildman–Crippen LogP) is 3.16. The van der Waals surface area contributed by atoms with Gasteiger partial charge in [-0.2, -0.15) is 5.26 Å². The molecule has 0 bridgehead atoms. The van der Waals surface area contributed by atoms with Crippen LogP contribution in [0.5, 0.6) is 11.5 Å². The molecule has 1 aromatic rings. The quantitative estimate of drug-likeness (QED) is 0.661. The summed E-state index contributed by atoms with van der Waals surface area (Å²) in [7, 11) is 0. The average molecular weight is 219 g/mol. The van der Waals surface area contributed by atoms with Gasteiger partial charge in [0.1, 0.15) is 11.5 Å². The van der Waals surface area contributed by atoms with E-state index in [1.54, 1.807) is 0 Å². The molecule has 3 nitrogen and oxygen atoms in total. The van der Waals surface area contributed by atoms with E-state index in [-0.39, 0.29) is 0 Å². The molecule has 0 amide bonds. The van der Waals surface area contributed by atoms with Crippen LogP contribution in [0.1, 0.15) is 26.2 Å². The van der Waals surface area contributed by atoms with Gasteiger partial charge in [0.15, 0.2) is 0 Å². The normalized spacial score (nSPS) is 9.50. The van der Waals surface area contributed by atoms with E-state index in [0.29, 0.717) is 19.6 Å². The Morgan fingerprint density at radius 2 is 1.69 bits per heavy atom. The van der Waals surface area contributed by atoms with E-state index in [2.05, 4.69) is 6.07 Å². The number of unbranched alkanes of at least 4 members (excludes halogenated alkanes) is 2. The van der Waals surface area contributed by atoms with Crippen molar-refractivity contribution in [3.05, 3.63) is 24.3 Å². The van der Waals surface area contributed by atoms with Crippen LogP contribution in [0.2, 0.25) is 0 Å². The molecular weight excluding hydrogens is 202 g/mol. The van der Waals surface area contributed by atoms with Crippen molar-refractivity contribution in [2.75, 3.05) is 13.2 Å². The lowest BCUT2D eigenvalue weighted by molar-refractivity contribution is 0.305. The van der Waals surface area contributed by atoms with Crippen molar-refractivity contribution < 1.29 is 9.47 Å². The van der Waals surface area contributed by atoms with Crippen LogP contribution in [0.3, 0.4) is 0 Å². The second-order valence-corrected chi connectivity index (χ2v) is 3.37. The van der Waals surface area contributed by atoms with E-state index in [4.69, 9.17) is 14.7 Å². The minimum atomic E-state index is 0.604. The van der Waals surface area contributed by atoms with Crippen LogP contribution in [-0.4, -0.2) is 13.2 Å². The third kappa shape index (κ3) is 4.70. The van der Waals surface area contributed by atoms with Gasteiger partial charge in [-0.05, 0) is 44.0 Å². The summed E-state index contributed by atoms with van der Waals surface area (Å²) in [5.41, 5.74) is 0. The summed E-state index contributed by atoms with van der Waals surface area (Å²) in [5, 5.41) is 8.36. The highest BCUT2D eigenvalue weighted by atomic mass is 16.5. The van der Waals surface area contributed by atoms with E-state index in [1.807, 2.05) is 31.2 Å². The standard InChI is InChI=1S/C13H17NO2/c1-2-15-12-6-8-13(9-7-12)16-11-5-3-4-10-14/h6-9H,2-5,11H2,1H3. The number of nitrogens with zero attached hydrogens (tertiary/aromatic N) is 1. The van der Waals surface area contributed by atoms with Crippen LogP contribution in [-0.2, 0) is 0 Å². The van der Waals surface area contributed by atoms with Crippen molar-refractivity contribution in [2.45, 2.75) is 26.2 Å². The first-order valence-electron chi connectivity index (χ1n) is 5.59. The fourth-order valence-electron chi connectivity index (χ4n) is 1.29. The van der Waals surface area contributed by atoms with E-state index in [1.165, 1.54) is 0 Å². The Morgan fingerprint density at radius 3 is 2.25 bits per heavy atom. The molecule has 1 rings (SSSR count). The summed E-state index contributed by atoms with van der Waals surface area (Å²) in [5.74, 6) is 1.71. The maximum atomic E-state index is 8.36. The van der Waals surface area contributed by atoms with Gasteiger partial charge in [0.05, 0.1) is 19.3 Å². The summed E-state index contributed by atoms with van der Waals surface area (Å²) in [6.07, 6.45) is 2.42. The van der Waals surface area contributed by atoms with E-state index in [9.17, 15) is 0 Å². The predicted molar refractivity (Wildman–Crippen MR) is 62.6 cm³/mol. The topological polar surface area (TPSA) is 42.2 Å². The van der Waals surface area contributed by atoms with Crippen LogP contribution < -0.4 is 9.47 Å². The Hall–Kier alpha value is -1.69. The Balaban J connectivity index is 2.24. The monoisotopic (exact) mass is 219 g/mol. The van der Waals surface area contributed by atoms with Crippen molar-refractivity contribution in [3.63, 3.8) is 0 Å². The highest BCUT2D eigenvalue weighted by molar-refractivity contribution is 5.31. The second-order valence-electron chi connectivity index (χ2n) is 3.37. The van der Waals surface area contributed by atoms with E-state index >= 15 is 0 Å². The molecule has 0 aromatic heterocycles. The first kappa shape index (κ1) is 12.4. The van der Waals surface area contributed by atoms with Gasteiger partial charge in [0.2, 0.25) is 0 Å². The number of ether oxygens (including phenoxy) is 2. The zero-order chi connectivity index (χ0) is 11.6. The molecule has 0 fully saturated rings. The molecule has 3 heteroatoms. The highest BCUT2D eigenvalue weighted by Gasteiger charge is 1.95. The van der Waals surface area contributed by atoms with Gasteiger partial charge < -0.3 is 9.47 Å². The summed E-state index contributed by atoms with van der Waals surface area (Å²) < 4.78 is 10.8. The summed E-state index contributed by atoms with van der Waals surface area (Å²) in [4.78, 5) is 0. The molecular formula is C13H17NO2. The lowest BCUT2D eigenvalue weighted by Gasteiger charge is -2.06. The van der Waals surface area contributed by atoms with Crippen LogP contribution in [0, 0.1) is 11.3 Å². The van der Waals surface area contributed by atoms with Gasteiger partial charge in [-0.3, -0.25) is 0 Å². The third-order valence-corrected chi connectivity index (χ3v) is 2.09. The summed E-state index contributed by atoms with van der Waals surface area (Å²) in [6.45, 7) is 3.30. The van der Waals surface area contributed by atoms with Gasteiger partial charge >= 0.3 is 0 Å². The smallest absolute Gasteiger partial charge is 0.119 e. The maximum Gasteiger partial charge on any atom is 0.119 e. The molecule has 86 valence electrons. The van der Waals surface area contributed by atoms with E-state index in [0.717, 1.165) is 24.3 Å². The lowest BCUT2D eigenvalue weighted by atomic mass is 10.2.